The summed E-state index contributed by atoms with van der Waals surface area (Å²) in [7, 11) is 0. The van der Waals surface area contributed by atoms with Gasteiger partial charge in [-0.3, -0.25) is 4.79 Å². The number of hydrazone groups is 1. The zero-order valence-electron chi connectivity index (χ0n) is 13.2. The van der Waals surface area contributed by atoms with Crippen molar-refractivity contribution in [3.63, 3.8) is 0 Å². The number of rotatable bonds is 6. The Hall–Kier alpha value is -2.99. The molecular formula is C19H15FN2O2S. The van der Waals surface area contributed by atoms with Gasteiger partial charge in [-0.05, 0) is 34.7 Å². The van der Waals surface area contributed by atoms with Gasteiger partial charge in [0, 0.05) is 0 Å². The minimum atomic E-state index is -0.337. The van der Waals surface area contributed by atoms with E-state index in [1.807, 2.05) is 30.3 Å². The fraction of sp³-hybridized carbons (Fsp3) is 0.0526. The van der Waals surface area contributed by atoms with Crippen LogP contribution in [0.25, 0.3) is 0 Å². The van der Waals surface area contributed by atoms with Crippen molar-refractivity contribution >= 4 is 23.5 Å². The first kappa shape index (κ1) is 16.9. The summed E-state index contributed by atoms with van der Waals surface area (Å²) < 4.78 is 18.6. The summed E-state index contributed by atoms with van der Waals surface area (Å²) in [5, 5.41) is 5.73. The molecule has 0 unspecified atom stereocenters. The maximum atomic E-state index is 12.9. The molecule has 0 aliphatic heterocycles. The van der Waals surface area contributed by atoms with Gasteiger partial charge in [0.25, 0.3) is 5.91 Å². The lowest BCUT2D eigenvalue weighted by atomic mass is 10.2. The molecular weight excluding hydrogens is 339 g/mol. The fourth-order valence-corrected chi connectivity index (χ4v) is 2.80. The van der Waals surface area contributed by atoms with Gasteiger partial charge < -0.3 is 4.74 Å². The maximum absolute atomic E-state index is 12.9. The summed E-state index contributed by atoms with van der Waals surface area (Å²) in [6.07, 6.45) is 1.57. The Kier molecular flexibility index (Phi) is 5.53. The van der Waals surface area contributed by atoms with Crippen LogP contribution >= 0.6 is 11.3 Å². The summed E-state index contributed by atoms with van der Waals surface area (Å²) in [5.74, 6) is -0.159. The minimum absolute atomic E-state index is 0.255. The second kappa shape index (κ2) is 8.21. The van der Waals surface area contributed by atoms with E-state index in [-0.39, 0.29) is 18.3 Å². The summed E-state index contributed by atoms with van der Waals surface area (Å²) in [6, 6.07) is 17.2. The number of halogens is 1. The van der Waals surface area contributed by atoms with Crippen molar-refractivity contribution in [3.05, 3.63) is 87.9 Å². The van der Waals surface area contributed by atoms with Crippen LogP contribution < -0.4 is 10.2 Å². The summed E-state index contributed by atoms with van der Waals surface area (Å²) in [4.78, 5) is 12.7. The second-order valence-corrected chi connectivity index (χ2v) is 6.06. The van der Waals surface area contributed by atoms with Crippen LogP contribution in [0.1, 0.15) is 20.8 Å². The SMILES string of the molecule is O=C(NN=Cc1ccccc1)c1sccc1OCc1ccc(F)cc1. The second-order valence-electron chi connectivity index (χ2n) is 5.14. The Morgan fingerprint density at radius 3 is 2.64 bits per heavy atom. The first-order valence-electron chi connectivity index (χ1n) is 7.55. The molecule has 0 saturated carbocycles. The summed E-state index contributed by atoms with van der Waals surface area (Å²) in [5.41, 5.74) is 4.20. The van der Waals surface area contributed by atoms with E-state index in [4.69, 9.17) is 4.74 Å². The van der Waals surface area contributed by atoms with Crippen LogP contribution in [-0.4, -0.2) is 12.1 Å². The molecule has 0 bridgehead atoms. The number of hydrogen-bond donors (Lipinski definition) is 1. The lowest BCUT2D eigenvalue weighted by Crippen LogP contribution is -2.17. The average Bonchev–Trinajstić information content (AvgIpc) is 3.11. The van der Waals surface area contributed by atoms with Gasteiger partial charge in [0.1, 0.15) is 23.1 Å². The van der Waals surface area contributed by atoms with Crippen LogP contribution in [0, 0.1) is 5.82 Å². The third kappa shape index (κ3) is 4.74. The van der Waals surface area contributed by atoms with Gasteiger partial charge >= 0.3 is 0 Å². The van der Waals surface area contributed by atoms with Gasteiger partial charge in [-0.1, -0.05) is 42.5 Å². The molecule has 0 spiro atoms. The van der Waals surface area contributed by atoms with Crippen molar-refractivity contribution in [1.29, 1.82) is 0 Å². The molecule has 3 aromatic rings. The molecule has 1 heterocycles. The third-order valence-corrected chi connectivity index (χ3v) is 4.22. The van der Waals surface area contributed by atoms with Crippen LogP contribution in [0.2, 0.25) is 0 Å². The van der Waals surface area contributed by atoms with Crippen molar-refractivity contribution in [2.45, 2.75) is 6.61 Å². The van der Waals surface area contributed by atoms with E-state index in [2.05, 4.69) is 10.5 Å². The molecule has 0 saturated heterocycles. The van der Waals surface area contributed by atoms with E-state index in [1.165, 1.54) is 23.5 Å². The number of benzene rings is 2. The number of hydrogen-bond acceptors (Lipinski definition) is 4. The number of nitrogens with one attached hydrogen (secondary N) is 1. The van der Waals surface area contributed by atoms with Crippen molar-refractivity contribution in [2.75, 3.05) is 0 Å². The van der Waals surface area contributed by atoms with E-state index in [9.17, 15) is 9.18 Å². The zero-order valence-corrected chi connectivity index (χ0v) is 14.0. The highest BCUT2D eigenvalue weighted by Gasteiger charge is 2.14. The van der Waals surface area contributed by atoms with E-state index >= 15 is 0 Å². The van der Waals surface area contributed by atoms with Gasteiger partial charge in [-0.2, -0.15) is 5.10 Å². The predicted octanol–water partition coefficient (Wildman–Crippen LogP) is 4.23. The molecule has 1 amide bonds. The summed E-state index contributed by atoms with van der Waals surface area (Å²) >= 11 is 1.27. The molecule has 0 atom stereocenters. The molecule has 126 valence electrons. The van der Waals surface area contributed by atoms with Crippen LogP contribution in [-0.2, 0) is 6.61 Å². The Morgan fingerprint density at radius 2 is 1.88 bits per heavy atom. The Morgan fingerprint density at radius 1 is 1.12 bits per heavy atom. The predicted molar refractivity (Wildman–Crippen MR) is 96.6 cm³/mol. The first-order valence-corrected chi connectivity index (χ1v) is 8.43. The largest absolute Gasteiger partial charge is 0.487 e. The van der Waals surface area contributed by atoms with E-state index < -0.39 is 0 Å². The molecule has 0 fully saturated rings. The van der Waals surface area contributed by atoms with Gasteiger partial charge in [0.05, 0.1) is 6.21 Å². The lowest BCUT2D eigenvalue weighted by molar-refractivity contribution is 0.0955. The monoisotopic (exact) mass is 354 g/mol. The fourth-order valence-electron chi connectivity index (χ4n) is 2.07. The number of carbonyl (C=O) groups is 1. The highest BCUT2D eigenvalue weighted by atomic mass is 32.1. The number of carbonyl (C=O) groups excluding carboxylic acids is 1. The van der Waals surface area contributed by atoms with E-state index in [0.717, 1.165) is 11.1 Å². The number of nitrogens with zero attached hydrogens (tertiary/aromatic N) is 1. The van der Waals surface area contributed by atoms with Gasteiger partial charge in [-0.25, -0.2) is 9.82 Å². The molecule has 0 radical (unpaired) electrons. The number of ether oxygens (including phenoxy) is 1. The molecule has 0 aliphatic carbocycles. The highest BCUT2D eigenvalue weighted by Crippen LogP contribution is 2.25. The molecule has 1 aromatic heterocycles. The molecule has 6 heteroatoms. The van der Waals surface area contributed by atoms with Gasteiger partial charge in [0.2, 0.25) is 0 Å². The molecule has 2 aromatic carbocycles. The molecule has 4 nitrogen and oxygen atoms in total. The number of amides is 1. The molecule has 3 rings (SSSR count). The van der Waals surface area contributed by atoms with E-state index in [1.54, 1.807) is 29.8 Å². The highest BCUT2D eigenvalue weighted by molar-refractivity contribution is 7.12. The molecule has 0 aliphatic rings. The van der Waals surface area contributed by atoms with Crippen LogP contribution in [0.15, 0.2) is 71.1 Å². The smallest absolute Gasteiger partial charge is 0.285 e. The third-order valence-electron chi connectivity index (χ3n) is 3.32. The Bertz CT molecular complexity index is 861. The van der Waals surface area contributed by atoms with Crippen molar-refractivity contribution in [2.24, 2.45) is 5.10 Å². The molecule has 25 heavy (non-hydrogen) atoms. The normalized spacial score (nSPS) is 10.8. The Balaban J connectivity index is 1.59. The number of thiophene rings is 1. The van der Waals surface area contributed by atoms with Crippen LogP contribution in [0.5, 0.6) is 5.75 Å². The zero-order chi connectivity index (χ0) is 17.5. The minimum Gasteiger partial charge on any atom is -0.487 e. The first-order chi connectivity index (χ1) is 12.2. The van der Waals surface area contributed by atoms with Crippen LogP contribution in [0.4, 0.5) is 4.39 Å². The van der Waals surface area contributed by atoms with E-state index in [0.29, 0.717) is 10.6 Å². The topological polar surface area (TPSA) is 50.7 Å². The van der Waals surface area contributed by atoms with Crippen molar-refractivity contribution in [1.82, 2.24) is 5.43 Å². The van der Waals surface area contributed by atoms with Crippen molar-refractivity contribution in [3.8, 4) is 5.75 Å². The van der Waals surface area contributed by atoms with Crippen molar-refractivity contribution < 1.29 is 13.9 Å². The summed E-state index contributed by atoms with van der Waals surface area (Å²) in [6.45, 7) is 0.255. The van der Waals surface area contributed by atoms with Gasteiger partial charge in [-0.15, -0.1) is 11.3 Å². The average molecular weight is 354 g/mol. The van der Waals surface area contributed by atoms with Gasteiger partial charge in [0.15, 0.2) is 0 Å². The quantitative estimate of drug-likeness (QED) is 0.532. The standard InChI is InChI=1S/C19H15FN2O2S/c20-16-8-6-15(7-9-16)13-24-17-10-11-25-18(17)19(23)22-21-12-14-4-2-1-3-5-14/h1-12H,13H2,(H,22,23). The Labute approximate surface area is 148 Å². The molecule has 1 N–H and O–H groups in total. The maximum Gasteiger partial charge on any atom is 0.285 e. The van der Waals surface area contributed by atoms with Crippen LogP contribution in [0.3, 0.4) is 0 Å². The lowest BCUT2D eigenvalue weighted by Gasteiger charge is -2.06.